The van der Waals surface area contributed by atoms with Gasteiger partial charge in [0.25, 0.3) is 5.91 Å². The molecule has 0 aliphatic rings. The molecule has 0 saturated heterocycles. The van der Waals surface area contributed by atoms with E-state index in [2.05, 4.69) is 26.2 Å². The van der Waals surface area contributed by atoms with Crippen molar-refractivity contribution in [2.45, 2.75) is 6.92 Å². The van der Waals surface area contributed by atoms with Crippen molar-refractivity contribution in [3.8, 4) is 0 Å². The van der Waals surface area contributed by atoms with Crippen molar-refractivity contribution in [2.24, 2.45) is 0 Å². The Kier molecular flexibility index (Phi) is 3.54. The molecule has 0 spiro atoms. The second-order valence-electron chi connectivity index (χ2n) is 4.46. The lowest BCUT2D eigenvalue weighted by Gasteiger charge is -2.03. The molecular formula is C15H11BrN2OS. The minimum atomic E-state index is -0.145. The molecule has 0 radical (unpaired) electrons. The van der Waals surface area contributed by atoms with Crippen molar-refractivity contribution in [3.05, 3.63) is 58.1 Å². The van der Waals surface area contributed by atoms with Gasteiger partial charge in [-0.25, -0.2) is 4.98 Å². The molecule has 0 saturated carbocycles. The smallest absolute Gasteiger partial charge is 0.257 e. The minimum absolute atomic E-state index is 0.145. The lowest BCUT2D eigenvalue weighted by Crippen LogP contribution is -2.11. The average Bonchev–Trinajstić information content (AvgIpc) is 2.79. The summed E-state index contributed by atoms with van der Waals surface area (Å²) in [5.41, 5.74) is 2.56. The monoisotopic (exact) mass is 346 g/mol. The van der Waals surface area contributed by atoms with Crippen LogP contribution in [0.25, 0.3) is 10.2 Å². The maximum Gasteiger partial charge on any atom is 0.257 e. The molecule has 0 bridgehead atoms. The highest BCUT2D eigenvalue weighted by Crippen LogP contribution is 2.26. The summed E-state index contributed by atoms with van der Waals surface area (Å²) in [6, 6.07) is 13.4. The molecule has 0 aliphatic heterocycles. The highest BCUT2D eigenvalue weighted by Gasteiger charge is 2.10. The minimum Gasteiger partial charge on any atom is -0.298 e. The molecule has 0 atom stereocenters. The highest BCUT2D eigenvalue weighted by atomic mass is 79.9. The Morgan fingerprint density at radius 1 is 1.25 bits per heavy atom. The van der Waals surface area contributed by atoms with Crippen LogP contribution in [0.3, 0.4) is 0 Å². The van der Waals surface area contributed by atoms with E-state index in [1.807, 2.05) is 43.3 Å². The van der Waals surface area contributed by atoms with Gasteiger partial charge in [-0.3, -0.25) is 10.1 Å². The summed E-state index contributed by atoms with van der Waals surface area (Å²) < 4.78 is 1.96. The Hall–Kier alpha value is -1.72. The Morgan fingerprint density at radius 3 is 2.80 bits per heavy atom. The molecule has 3 rings (SSSR count). The van der Waals surface area contributed by atoms with E-state index in [4.69, 9.17) is 0 Å². The molecule has 20 heavy (non-hydrogen) atoms. The molecule has 1 aromatic heterocycles. The van der Waals surface area contributed by atoms with Crippen LogP contribution in [0.15, 0.2) is 46.9 Å². The lowest BCUT2D eigenvalue weighted by molar-refractivity contribution is 0.102. The summed E-state index contributed by atoms with van der Waals surface area (Å²) in [5.74, 6) is -0.145. The van der Waals surface area contributed by atoms with E-state index in [-0.39, 0.29) is 5.91 Å². The zero-order valence-electron chi connectivity index (χ0n) is 10.7. The molecule has 5 heteroatoms. The van der Waals surface area contributed by atoms with Crippen LogP contribution in [0.2, 0.25) is 0 Å². The van der Waals surface area contributed by atoms with Crippen LogP contribution >= 0.6 is 27.3 Å². The molecule has 2 aromatic carbocycles. The quantitative estimate of drug-likeness (QED) is 0.735. The van der Waals surface area contributed by atoms with E-state index in [1.165, 1.54) is 11.3 Å². The second kappa shape index (κ2) is 5.34. The first-order valence-electron chi connectivity index (χ1n) is 6.06. The second-order valence-corrected chi connectivity index (χ2v) is 6.40. The average molecular weight is 347 g/mol. The maximum absolute atomic E-state index is 12.2. The van der Waals surface area contributed by atoms with Gasteiger partial charge in [0.05, 0.1) is 10.2 Å². The first-order chi connectivity index (χ1) is 9.61. The van der Waals surface area contributed by atoms with Gasteiger partial charge in [-0.2, -0.15) is 0 Å². The summed E-state index contributed by atoms with van der Waals surface area (Å²) in [7, 11) is 0. The molecule has 100 valence electrons. The van der Waals surface area contributed by atoms with Crippen LogP contribution in [0.5, 0.6) is 0 Å². The number of anilines is 1. The Morgan fingerprint density at radius 2 is 2.05 bits per heavy atom. The van der Waals surface area contributed by atoms with Gasteiger partial charge >= 0.3 is 0 Å². The topological polar surface area (TPSA) is 42.0 Å². The number of halogens is 1. The van der Waals surface area contributed by atoms with Crippen molar-refractivity contribution in [2.75, 3.05) is 5.32 Å². The molecule has 0 aliphatic carbocycles. The SMILES string of the molecule is Cc1cc(Br)cc(C(=O)Nc2nc3ccccc3s2)c1. The first kappa shape index (κ1) is 13.3. The highest BCUT2D eigenvalue weighted by molar-refractivity contribution is 9.10. The van der Waals surface area contributed by atoms with Crippen LogP contribution in [0.1, 0.15) is 15.9 Å². The molecule has 3 aromatic rings. The molecular weight excluding hydrogens is 336 g/mol. The standard InChI is InChI=1S/C15H11BrN2OS/c1-9-6-10(8-11(16)7-9)14(19)18-15-17-12-4-2-3-5-13(12)20-15/h2-8H,1H3,(H,17,18,19). The largest absolute Gasteiger partial charge is 0.298 e. The van der Waals surface area contributed by atoms with Crippen LogP contribution < -0.4 is 5.32 Å². The number of aryl methyl sites for hydroxylation is 1. The molecule has 1 heterocycles. The van der Waals surface area contributed by atoms with Crippen LogP contribution in [0, 0.1) is 6.92 Å². The van der Waals surface area contributed by atoms with E-state index < -0.39 is 0 Å². The third-order valence-electron chi connectivity index (χ3n) is 2.82. The van der Waals surface area contributed by atoms with Crippen molar-refractivity contribution < 1.29 is 4.79 Å². The van der Waals surface area contributed by atoms with Crippen molar-refractivity contribution in [1.29, 1.82) is 0 Å². The molecule has 3 nitrogen and oxygen atoms in total. The fraction of sp³-hybridized carbons (Fsp3) is 0.0667. The summed E-state index contributed by atoms with van der Waals surface area (Å²) in [6.07, 6.45) is 0. The lowest BCUT2D eigenvalue weighted by atomic mass is 10.1. The van der Waals surface area contributed by atoms with E-state index >= 15 is 0 Å². The number of thiazole rings is 1. The van der Waals surface area contributed by atoms with Gasteiger partial charge < -0.3 is 0 Å². The molecule has 0 unspecified atom stereocenters. The van der Waals surface area contributed by atoms with Gasteiger partial charge in [-0.1, -0.05) is 39.4 Å². The summed E-state index contributed by atoms with van der Waals surface area (Å²) in [4.78, 5) is 16.6. The molecule has 1 amide bonds. The normalized spacial score (nSPS) is 10.7. The van der Waals surface area contributed by atoms with Gasteiger partial charge in [-0.15, -0.1) is 0 Å². The fourth-order valence-corrected chi connectivity index (χ4v) is 3.43. The number of benzene rings is 2. The number of nitrogens with one attached hydrogen (secondary N) is 1. The Balaban J connectivity index is 1.88. The summed E-state index contributed by atoms with van der Waals surface area (Å²) >= 11 is 4.88. The van der Waals surface area contributed by atoms with Gasteiger partial charge in [-0.05, 0) is 42.8 Å². The van der Waals surface area contributed by atoms with E-state index in [0.29, 0.717) is 10.7 Å². The maximum atomic E-state index is 12.2. The Bertz CT molecular complexity index is 744. The summed E-state index contributed by atoms with van der Waals surface area (Å²) in [6.45, 7) is 1.96. The molecule has 0 fully saturated rings. The van der Waals surface area contributed by atoms with E-state index in [9.17, 15) is 4.79 Å². The van der Waals surface area contributed by atoms with Crippen LogP contribution in [0.4, 0.5) is 5.13 Å². The van der Waals surface area contributed by atoms with Crippen molar-refractivity contribution >= 4 is 48.5 Å². The number of para-hydroxylation sites is 1. The number of amides is 1. The van der Waals surface area contributed by atoms with E-state index in [0.717, 1.165) is 20.3 Å². The van der Waals surface area contributed by atoms with Gasteiger partial charge in [0, 0.05) is 10.0 Å². The van der Waals surface area contributed by atoms with Gasteiger partial charge in [0.1, 0.15) is 0 Å². The van der Waals surface area contributed by atoms with Crippen molar-refractivity contribution in [3.63, 3.8) is 0 Å². The number of aromatic nitrogens is 1. The number of carbonyl (C=O) groups excluding carboxylic acids is 1. The fourth-order valence-electron chi connectivity index (χ4n) is 1.96. The number of fused-ring (bicyclic) bond motifs is 1. The van der Waals surface area contributed by atoms with Gasteiger partial charge in [0.15, 0.2) is 5.13 Å². The zero-order valence-corrected chi connectivity index (χ0v) is 13.1. The van der Waals surface area contributed by atoms with E-state index in [1.54, 1.807) is 6.07 Å². The number of hydrogen-bond donors (Lipinski definition) is 1. The zero-order chi connectivity index (χ0) is 14.1. The third-order valence-corrected chi connectivity index (χ3v) is 4.23. The number of carbonyl (C=O) groups is 1. The molecule has 1 N–H and O–H groups in total. The number of hydrogen-bond acceptors (Lipinski definition) is 3. The van der Waals surface area contributed by atoms with Crippen LogP contribution in [-0.4, -0.2) is 10.9 Å². The first-order valence-corrected chi connectivity index (χ1v) is 7.67. The predicted molar refractivity (Wildman–Crippen MR) is 86.5 cm³/mol. The van der Waals surface area contributed by atoms with Crippen LogP contribution in [-0.2, 0) is 0 Å². The van der Waals surface area contributed by atoms with Gasteiger partial charge in [0.2, 0.25) is 0 Å². The predicted octanol–water partition coefficient (Wildman–Crippen LogP) is 4.62. The summed E-state index contributed by atoms with van der Waals surface area (Å²) in [5, 5.41) is 3.47. The third kappa shape index (κ3) is 2.73. The Labute approximate surface area is 128 Å². The number of nitrogens with zero attached hydrogens (tertiary/aromatic N) is 1. The number of rotatable bonds is 2. The van der Waals surface area contributed by atoms with Crippen molar-refractivity contribution in [1.82, 2.24) is 4.98 Å².